The Morgan fingerprint density at radius 3 is 2.57 bits per heavy atom. The highest BCUT2D eigenvalue weighted by molar-refractivity contribution is 7.89. The van der Waals surface area contributed by atoms with Crippen LogP contribution >= 0.6 is 11.6 Å². The minimum atomic E-state index is -3.49. The van der Waals surface area contributed by atoms with E-state index in [4.69, 9.17) is 11.6 Å². The van der Waals surface area contributed by atoms with Crippen molar-refractivity contribution in [3.8, 4) is 0 Å². The minimum Gasteiger partial charge on any atom is -0.316 e. The second-order valence-electron chi connectivity index (χ2n) is 6.35. The summed E-state index contributed by atoms with van der Waals surface area (Å²) in [6.07, 6.45) is 2.51. The molecule has 0 aliphatic carbocycles. The quantitative estimate of drug-likeness (QED) is 0.890. The normalized spacial score (nSPS) is 24.7. The van der Waals surface area contributed by atoms with Crippen LogP contribution in [0.4, 0.5) is 0 Å². The SMILES string of the molecule is O=S(=O)(c1ccccc1Cl)N1CCN(CC2CCCNC2)CC1. The second-order valence-corrected chi connectivity index (χ2v) is 8.66. The van der Waals surface area contributed by atoms with E-state index in [1.807, 2.05) is 0 Å². The maximum Gasteiger partial charge on any atom is 0.244 e. The first-order chi connectivity index (χ1) is 11.1. The standard InChI is InChI=1S/C16H24ClN3O2S/c17-15-5-1-2-6-16(15)23(21,22)20-10-8-19(9-11-20)13-14-4-3-7-18-12-14/h1-2,5-6,14,18H,3-4,7-13H2. The number of piperidine rings is 1. The first kappa shape index (κ1) is 17.2. The second kappa shape index (κ2) is 7.49. The van der Waals surface area contributed by atoms with E-state index in [1.165, 1.54) is 12.8 Å². The molecule has 2 aliphatic rings. The smallest absolute Gasteiger partial charge is 0.244 e. The van der Waals surface area contributed by atoms with E-state index in [-0.39, 0.29) is 4.90 Å². The van der Waals surface area contributed by atoms with Gasteiger partial charge < -0.3 is 10.2 Å². The summed E-state index contributed by atoms with van der Waals surface area (Å²) in [5, 5.41) is 3.73. The average Bonchev–Trinajstić information content (AvgIpc) is 2.56. The summed E-state index contributed by atoms with van der Waals surface area (Å²) < 4.78 is 27.0. The molecular formula is C16H24ClN3O2S. The van der Waals surface area contributed by atoms with Gasteiger partial charge in [0.25, 0.3) is 0 Å². The van der Waals surface area contributed by atoms with Crippen LogP contribution in [0.3, 0.4) is 0 Å². The van der Waals surface area contributed by atoms with E-state index < -0.39 is 10.0 Å². The largest absolute Gasteiger partial charge is 0.316 e. The Morgan fingerprint density at radius 2 is 1.91 bits per heavy atom. The van der Waals surface area contributed by atoms with E-state index in [2.05, 4.69) is 10.2 Å². The predicted molar refractivity (Wildman–Crippen MR) is 92.2 cm³/mol. The first-order valence-electron chi connectivity index (χ1n) is 8.25. The molecule has 0 bridgehead atoms. The molecule has 3 rings (SSSR count). The molecule has 1 aromatic carbocycles. The first-order valence-corrected chi connectivity index (χ1v) is 10.1. The number of nitrogens with one attached hydrogen (secondary N) is 1. The molecule has 1 N–H and O–H groups in total. The van der Waals surface area contributed by atoms with Crippen molar-refractivity contribution in [2.45, 2.75) is 17.7 Å². The number of rotatable bonds is 4. The predicted octanol–water partition coefficient (Wildman–Crippen LogP) is 1.65. The number of hydrogen-bond acceptors (Lipinski definition) is 4. The lowest BCUT2D eigenvalue weighted by Crippen LogP contribution is -2.50. The highest BCUT2D eigenvalue weighted by atomic mass is 35.5. The summed E-state index contributed by atoms with van der Waals surface area (Å²) in [6.45, 7) is 5.92. The maximum atomic E-state index is 12.7. The number of piperazine rings is 1. The summed E-state index contributed by atoms with van der Waals surface area (Å²) in [5.74, 6) is 0.690. The van der Waals surface area contributed by atoms with Crippen LogP contribution in [-0.4, -0.2) is 63.4 Å². The number of hydrogen-bond donors (Lipinski definition) is 1. The topological polar surface area (TPSA) is 52.7 Å². The zero-order valence-electron chi connectivity index (χ0n) is 13.2. The Morgan fingerprint density at radius 1 is 1.17 bits per heavy atom. The maximum absolute atomic E-state index is 12.7. The Balaban J connectivity index is 1.59. The molecule has 0 spiro atoms. The minimum absolute atomic E-state index is 0.214. The third-order valence-electron chi connectivity index (χ3n) is 4.70. The van der Waals surface area contributed by atoms with Crippen molar-refractivity contribution < 1.29 is 8.42 Å². The molecule has 2 fully saturated rings. The van der Waals surface area contributed by atoms with Crippen LogP contribution < -0.4 is 5.32 Å². The summed E-state index contributed by atoms with van der Waals surface area (Å²) in [4.78, 5) is 2.60. The molecule has 1 atom stereocenters. The van der Waals surface area contributed by atoms with Crippen molar-refractivity contribution in [2.24, 2.45) is 5.92 Å². The van der Waals surface area contributed by atoms with E-state index >= 15 is 0 Å². The van der Waals surface area contributed by atoms with Gasteiger partial charge in [0.1, 0.15) is 4.90 Å². The van der Waals surface area contributed by atoms with Gasteiger partial charge in [-0.15, -0.1) is 0 Å². The Kier molecular flexibility index (Phi) is 5.59. The van der Waals surface area contributed by atoms with Gasteiger partial charge in [0.2, 0.25) is 10.0 Å². The van der Waals surface area contributed by atoms with E-state index in [0.29, 0.717) is 24.0 Å². The molecular weight excluding hydrogens is 334 g/mol. The van der Waals surface area contributed by atoms with Gasteiger partial charge in [0, 0.05) is 32.7 Å². The highest BCUT2D eigenvalue weighted by Crippen LogP contribution is 2.25. The van der Waals surface area contributed by atoms with Crippen LogP contribution in [0, 0.1) is 5.92 Å². The Labute approximate surface area is 143 Å². The molecule has 5 nitrogen and oxygen atoms in total. The lowest BCUT2D eigenvalue weighted by atomic mass is 9.99. The number of sulfonamides is 1. The molecule has 2 aliphatic heterocycles. The average molecular weight is 358 g/mol. The van der Waals surface area contributed by atoms with Crippen LogP contribution in [0.15, 0.2) is 29.2 Å². The van der Waals surface area contributed by atoms with Gasteiger partial charge in [0.05, 0.1) is 5.02 Å². The molecule has 23 heavy (non-hydrogen) atoms. The Bertz CT molecular complexity index is 624. The fourth-order valence-electron chi connectivity index (χ4n) is 3.39. The van der Waals surface area contributed by atoms with Crippen molar-refractivity contribution in [1.82, 2.24) is 14.5 Å². The van der Waals surface area contributed by atoms with E-state index in [0.717, 1.165) is 32.7 Å². The number of nitrogens with zero attached hydrogens (tertiary/aromatic N) is 2. The molecule has 128 valence electrons. The summed E-state index contributed by atoms with van der Waals surface area (Å²) in [7, 11) is -3.49. The number of benzene rings is 1. The molecule has 1 aromatic rings. The zero-order valence-corrected chi connectivity index (χ0v) is 14.8. The zero-order chi connectivity index (χ0) is 16.3. The summed E-state index contributed by atoms with van der Waals surface area (Å²) in [6, 6.07) is 6.67. The molecule has 1 unspecified atom stereocenters. The third kappa shape index (κ3) is 4.06. The third-order valence-corrected chi connectivity index (χ3v) is 7.10. The van der Waals surface area contributed by atoms with Crippen molar-refractivity contribution >= 4 is 21.6 Å². The van der Waals surface area contributed by atoms with Gasteiger partial charge in [-0.1, -0.05) is 23.7 Å². The summed E-state index contributed by atoms with van der Waals surface area (Å²) >= 11 is 6.06. The molecule has 0 saturated carbocycles. The van der Waals surface area contributed by atoms with E-state index in [9.17, 15) is 8.42 Å². The lowest BCUT2D eigenvalue weighted by molar-refractivity contribution is 0.154. The van der Waals surface area contributed by atoms with Gasteiger partial charge in [-0.2, -0.15) is 4.31 Å². The van der Waals surface area contributed by atoms with Crippen LogP contribution in [0.1, 0.15) is 12.8 Å². The molecule has 2 saturated heterocycles. The number of halogens is 1. The van der Waals surface area contributed by atoms with Crippen LogP contribution in [0.25, 0.3) is 0 Å². The fourth-order valence-corrected chi connectivity index (χ4v) is 5.31. The molecule has 2 heterocycles. The van der Waals surface area contributed by atoms with Gasteiger partial charge in [-0.25, -0.2) is 8.42 Å². The van der Waals surface area contributed by atoms with Crippen molar-refractivity contribution in [3.05, 3.63) is 29.3 Å². The van der Waals surface area contributed by atoms with Gasteiger partial charge in [0.15, 0.2) is 0 Å². The van der Waals surface area contributed by atoms with Gasteiger partial charge in [-0.3, -0.25) is 0 Å². The molecule has 7 heteroatoms. The van der Waals surface area contributed by atoms with Crippen molar-refractivity contribution in [3.63, 3.8) is 0 Å². The molecule has 0 radical (unpaired) electrons. The molecule has 0 amide bonds. The summed E-state index contributed by atoms with van der Waals surface area (Å²) in [5.41, 5.74) is 0. The van der Waals surface area contributed by atoms with Crippen LogP contribution in [-0.2, 0) is 10.0 Å². The molecule has 0 aromatic heterocycles. The van der Waals surface area contributed by atoms with Crippen molar-refractivity contribution in [1.29, 1.82) is 0 Å². The van der Waals surface area contributed by atoms with Gasteiger partial charge >= 0.3 is 0 Å². The van der Waals surface area contributed by atoms with Crippen molar-refractivity contribution in [2.75, 3.05) is 45.8 Å². The van der Waals surface area contributed by atoms with E-state index in [1.54, 1.807) is 28.6 Å². The fraction of sp³-hybridized carbons (Fsp3) is 0.625. The van der Waals surface area contributed by atoms with Gasteiger partial charge in [-0.05, 0) is 44.0 Å². The monoisotopic (exact) mass is 357 g/mol. The lowest BCUT2D eigenvalue weighted by Gasteiger charge is -2.36. The highest BCUT2D eigenvalue weighted by Gasteiger charge is 2.30. The Hall–Kier alpha value is -0.660. The van der Waals surface area contributed by atoms with Crippen LogP contribution in [0.5, 0.6) is 0 Å². The van der Waals surface area contributed by atoms with Crippen LogP contribution in [0.2, 0.25) is 5.02 Å².